The standard InChI is InChI=1S/C18H18N4O4S/c1-12-9-17(22(20-12)14-7-8-27(24,25)11-14)19-18(23)15-10-16(26-21-15)13-5-3-2-4-6-13/h2-6,9-10,14H,7-8,11H2,1H3,(H,19,23). The highest BCUT2D eigenvalue weighted by Gasteiger charge is 2.31. The van der Waals surface area contributed by atoms with Gasteiger partial charge in [0.15, 0.2) is 21.3 Å². The van der Waals surface area contributed by atoms with E-state index in [0.29, 0.717) is 23.7 Å². The molecule has 9 heteroatoms. The lowest BCUT2D eigenvalue weighted by Gasteiger charge is -2.13. The van der Waals surface area contributed by atoms with Crippen LogP contribution in [0.25, 0.3) is 11.3 Å². The third-order valence-corrected chi connectivity index (χ3v) is 6.21. The minimum Gasteiger partial charge on any atom is -0.355 e. The molecule has 0 saturated carbocycles. The Morgan fingerprint density at radius 1 is 1.26 bits per heavy atom. The van der Waals surface area contributed by atoms with Crippen molar-refractivity contribution in [3.63, 3.8) is 0 Å². The Kier molecular flexibility index (Phi) is 4.31. The van der Waals surface area contributed by atoms with Gasteiger partial charge in [-0.05, 0) is 13.3 Å². The van der Waals surface area contributed by atoms with Gasteiger partial charge in [-0.2, -0.15) is 5.10 Å². The maximum Gasteiger partial charge on any atom is 0.279 e. The van der Waals surface area contributed by atoms with Crippen LogP contribution in [0.3, 0.4) is 0 Å². The summed E-state index contributed by atoms with van der Waals surface area (Å²) in [5, 5.41) is 10.9. The average molecular weight is 386 g/mol. The molecule has 1 atom stereocenters. The molecule has 0 aliphatic carbocycles. The van der Waals surface area contributed by atoms with Gasteiger partial charge in [-0.1, -0.05) is 35.5 Å². The van der Waals surface area contributed by atoms with E-state index in [9.17, 15) is 13.2 Å². The number of hydrogen-bond acceptors (Lipinski definition) is 6. The van der Waals surface area contributed by atoms with Crippen LogP contribution in [0, 0.1) is 6.92 Å². The van der Waals surface area contributed by atoms with Crippen LogP contribution in [0.2, 0.25) is 0 Å². The number of carbonyl (C=O) groups is 1. The zero-order chi connectivity index (χ0) is 19.0. The van der Waals surface area contributed by atoms with Gasteiger partial charge in [-0.25, -0.2) is 13.1 Å². The number of carbonyl (C=O) groups excluding carboxylic acids is 1. The van der Waals surface area contributed by atoms with Gasteiger partial charge in [0.25, 0.3) is 5.91 Å². The maximum atomic E-state index is 12.6. The molecule has 140 valence electrons. The van der Waals surface area contributed by atoms with Crippen molar-refractivity contribution >= 4 is 21.6 Å². The van der Waals surface area contributed by atoms with E-state index in [-0.39, 0.29) is 23.2 Å². The van der Waals surface area contributed by atoms with Crippen LogP contribution in [-0.2, 0) is 9.84 Å². The molecular formula is C18H18N4O4S. The summed E-state index contributed by atoms with van der Waals surface area (Å²) in [6.07, 6.45) is 0.481. The van der Waals surface area contributed by atoms with E-state index in [0.717, 1.165) is 5.56 Å². The van der Waals surface area contributed by atoms with E-state index in [2.05, 4.69) is 15.6 Å². The molecule has 1 unspecified atom stereocenters. The Morgan fingerprint density at radius 2 is 2.04 bits per heavy atom. The van der Waals surface area contributed by atoms with Gasteiger partial charge >= 0.3 is 0 Å². The molecule has 1 fully saturated rings. The molecule has 2 aromatic heterocycles. The van der Waals surface area contributed by atoms with Crippen molar-refractivity contribution < 1.29 is 17.7 Å². The van der Waals surface area contributed by atoms with Gasteiger partial charge in [0.05, 0.1) is 23.2 Å². The highest BCUT2D eigenvalue weighted by atomic mass is 32.2. The van der Waals surface area contributed by atoms with Crippen LogP contribution in [0.4, 0.5) is 5.82 Å². The quantitative estimate of drug-likeness (QED) is 0.738. The number of aryl methyl sites for hydroxylation is 1. The Balaban J connectivity index is 1.55. The van der Waals surface area contributed by atoms with Gasteiger partial charge in [0.2, 0.25) is 0 Å². The van der Waals surface area contributed by atoms with Gasteiger partial charge in [0, 0.05) is 17.7 Å². The van der Waals surface area contributed by atoms with Crippen LogP contribution < -0.4 is 5.32 Å². The predicted molar refractivity (Wildman–Crippen MR) is 99.2 cm³/mol. The zero-order valence-corrected chi connectivity index (χ0v) is 15.4. The van der Waals surface area contributed by atoms with E-state index in [4.69, 9.17) is 4.52 Å². The van der Waals surface area contributed by atoms with Crippen molar-refractivity contribution in [2.24, 2.45) is 0 Å². The molecule has 1 amide bonds. The van der Waals surface area contributed by atoms with E-state index in [1.165, 1.54) is 0 Å². The van der Waals surface area contributed by atoms with Crippen LogP contribution in [-0.4, -0.2) is 40.8 Å². The molecule has 1 aromatic carbocycles. The van der Waals surface area contributed by atoms with Crippen molar-refractivity contribution in [1.29, 1.82) is 0 Å². The second-order valence-corrected chi connectivity index (χ2v) is 8.80. The summed E-state index contributed by atoms with van der Waals surface area (Å²) < 4.78 is 30.4. The van der Waals surface area contributed by atoms with Crippen LogP contribution in [0.5, 0.6) is 0 Å². The molecule has 1 N–H and O–H groups in total. The highest BCUT2D eigenvalue weighted by Crippen LogP contribution is 2.27. The molecule has 1 aliphatic rings. The Bertz CT molecular complexity index is 1090. The number of nitrogens with zero attached hydrogens (tertiary/aromatic N) is 3. The third-order valence-electron chi connectivity index (χ3n) is 4.45. The molecule has 1 aliphatic heterocycles. The molecule has 0 bridgehead atoms. The summed E-state index contributed by atoms with van der Waals surface area (Å²) in [4.78, 5) is 12.6. The molecule has 3 aromatic rings. The van der Waals surface area contributed by atoms with Crippen molar-refractivity contribution in [3.8, 4) is 11.3 Å². The van der Waals surface area contributed by atoms with Gasteiger partial charge < -0.3 is 9.84 Å². The Labute approximate surface area is 156 Å². The first kappa shape index (κ1) is 17.5. The van der Waals surface area contributed by atoms with E-state index in [1.54, 1.807) is 23.7 Å². The molecule has 1 saturated heterocycles. The fraction of sp³-hybridized carbons (Fsp3) is 0.278. The second-order valence-electron chi connectivity index (χ2n) is 6.57. The fourth-order valence-electron chi connectivity index (χ4n) is 3.16. The number of aromatic nitrogens is 3. The third kappa shape index (κ3) is 3.63. The van der Waals surface area contributed by atoms with E-state index < -0.39 is 15.7 Å². The largest absolute Gasteiger partial charge is 0.355 e. The predicted octanol–water partition coefficient (Wildman–Crippen LogP) is 2.46. The fourth-order valence-corrected chi connectivity index (χ4v) is 4.85. The lowest BCUT2D eigenvalue weighted by molar-refractivity contribution is 0.101. The number of nitrogens with one attached hydrogen (secondary N) is 1. The average Bonchev–Trinajstić information content (AvgIpc) is 3.34. The van der Waals surface area contributed by atoms with Crippen LogP contribution in [0.1, 0.15) is 28.6 Å². The van der Waals surface area contributed by atoms with Gasteiger partial charge in [0.1, 0.15) is 5.82 Å². The lowest BCUT2D eigenvalue weighted by atomic mass is 10.1. The smallest absolute Gasteiger partial charge is 0.279 e. The first-order valence-corrected chi connectivity index (χ1v) is 10.3. The summed E-state index contributed by atoms with van der Waals surface area (Å²) in [6.45, 7) is 1.79. The van der Waals surface area contributed by atoms with Crippen molar-refractivity contribution in [2.45, 2.75) is 19.4 Å². The summed E-state index contributed by atoms with van der Waals surface area (Å²) in [7, 11) is -3.06. The van der Waals surface area contributed by atoms with Crippen molar-refractivity contribution in [1.82, 2.24) is 14.9 Å². The van der Waals surface area contributed by atoms with Crippen molar-refractivity contribution in [2.75, 3.05) is 16.8 Å². The van der Waals surface area contributed by atoms with Crippen LogP contribution >= 0.6 is 0 Å². The number of anilines is 1. The minimum atomic E-state index is -3.06. The highest BCUT2D eigenvalue weighted by molar-refractivity contribution is 7.91. The number of hydrogen-bond donors (Lipinski definition) is 1. The van der Waals surface area contributed by atoms with E-state index in [1.807, 2.05) is 30.3 Å². The Hall–Kier alpha value is -2.94. The zero-order valence-electron chi connectivity index (χ0n) is 14.6. The molecule has 0 spiro atoms. The number of benzene rings is 1. The summed E-state index contributed by atoms with van der Waals surface area (Å²) in [6, 6.07) is 12.3. The first-order chi connectivity index (χ1) is 12.9. The molecule has 8 nitrogen and oxygen atoms in total. The second kappa shape index (κ2) is 6.66. The maximum absolute atomic E-state index is 12.6. The molecular weight excluding hydrogens is 368 g/mol. The minimum absolute atomic E-state index is 0.0269. The monoisotopic (exact) mass is 386 g/mol. The SMILES string of the molecule is Cc1cc(NC(=O)c2cc(-c3ccccc3)on2)n(C2CCS(=O)(=O)C2)n1. The van der Waals surface area contributed by atoms with Crippen LogP contribution in [0.15, 0.2) is 47.0 Å². The normalized spacial score (nSPS) is 18.5. The number of rotatable bonds is 4. The summed E-state index contributed by atoms with van der Waals surface area (Å²) >= 11 is 0. The molecule has 3 heterocycles. The molecule has 4 rings (SSSR count). The number of amides is 1. The Morgan fingerprint density at radius 3 is 2.74 bits per heavy atom. The first-order valence-electron chi connectivity index (χ1n) is 8.51. The lowest BCUT2D eigenvalue weighted by Crippen LogP contribution is -2.19. The summed E-state index contributed by atoms with van der Waals surface area (Å²) in [5.74, 6) is 0.659. The number of sulfone groups is 1. The topological polar surface area (TPSA) is 107 Å². The summed E-state index contributed by atoms with van der Waals surface area (Å²) in [5.41, 5.74) is 1.65. The van der Waals surface area contributed by atoms with E-state index >= 15 is 0 Å². The van der Waals surface area contributed by atoms with Crippen molar-refractivity contribution in [3.05, 3.63) is 53.9 Å². The van der Waals surface area contributed by atoms with Gasteiger partial charge in [-0.15, -0.1) is 0 Å². The molecule has 0 radical (unpaired) electrons. The van der Waals surface area contributed by atoms with Gasteiger partial charge in [-0.3, -0.25) is 4.79 Å². The molecule has 27 heavy (non-hydrogen) atoms.